The maximum Gasteiger partial charge on any atom is 0.373 e. The molecule has 0 aromatic rings. The van der Waals surface area contributed by atoms with Crippen molar-refractivity contribution in [2.24, 2.45) is 0 Å². The summed E-state index contributed by atoms with van der Waals surface area (Å²) in [5.74, 6) is 0. The zero-order valence-corrected chi connectivity index (χ0v) is 7.23. The molecule has 0 fully saturated rings. The van der Waals surface area contributed by atoms with E-state index in [2.05, 4.69) is 0 Å². The molecule has 0 aliphatic rings. The quantitative estimate of drug-likeness (QED) is 0.422. The normalized spacial score (nSPS) is 2.00. The second kappa shape index (κ2) is 8.89. The molecule has 0 heterocycles. The Morgan fingerprint density at radius 2 is 1.25 bits per heavy atom. The molecule has 0 amide bonds. The second-order valence-electron chi connectivity index (χ2n) is 0.0833. The van der Waals surface area contributed by atoms with Crippen LogP contribution in [0.15, 0.2) is 0 Å². The fraction of sp³-hybridized carbons (Fsp3) is 0. The fourth-order valence-corrected chi connectivity index (χ4v) is 0. The van der Waals surface area contributed by atoms with E-state index >= 15 is 0 Å². The molecule has 4 heavy (non-hydrogen) atoms. The predicted molar refractivity (Wildman–Crippen MR) is 10.8 cm³/mol. The van der Waals surface area contributed by atoms with E-state index in [1.54, 1.807) is 0 Å². The minimum atomic E-state index is 0. The minimum Gasteiger partial charge on any atom is -0.186 e. The molecule has 0 aliphatic heterocycles. The molecule has 0 spiro atoms. The third-order valence-electron chi connectivity index (χ3n) is 0. The third kappa shape index (κ3) is 10.8. The molecule has 1 radical (unpaired) electrons. The van der Waals surface area contributed by atoms with Crippen molar-refractivity contribution < 1.29 is 9.59 Å². The van der Waals surface area contributed by atoms with Crippen molar-refractivity contribution in [3.8, 4) is 0 Å². The van der Waals surface area contributed by atoms with Gasteiger partial charge in [-0.1, -0.05) is 0 Å². The van der Waals surface area contributed by atoms with Crippen LogP contribution in [-0.2, 0) is 9.59 Å². The predicted octanol–water partition coefficient (Wildman–Crippen LogP) is -0.964. The maximum atomic E-state index is 8.12. The van der Waals surface area contributed by atoms with Crippen molar-refractivity contribution in [2.45, 2.75) is 0 Å². The first kappa shape index (κ1) is 8.95. The average Bonchev–Trinajstić information content (AvgIpc) is 0.918. The molecule has 0 atom stereocenters. The minimum absolute atomic E-state index is 0. The van der Waals surface area contributed by atoms with E-state index in [9.17, 15) is 0 Å². The van der Waals surface area contributed by atoms with Crippen LogP contribution in [0.5, 0.6) is 0 Å². The molecule has 0 aromatic heterocycles. The van der Waals surface area contributed by atoms with E-state index in [4.69, 9.17) is 9.59 Å². The molecule has 3 heteroatoms. The monoisotopic (exact) mass is 129 g/mol. The first-order valence-electron chi connectivity index (χ1n) is 0.408. The van der Waals surface area contributed by atoms with Gasteiger partial charge >= 0.3 is 6.15 Å². The summed E-state index contributed by atoms with van der Waals surface area (Å²) in [4.78, 5) is 16.2. The Hall–Kier alpha value is 1.19. The van der Waals surface area contributed by atoms with Crippen LogP contribution in [0.1, 0.15) is 0 Å². The maximum absolute atomic E-state index is 8.12. The van der Waals surface area contributed by atoms with Gasteiger partial charge in [-0.2, -0.15) is 9.59 Å². The molecule has 17 valence electrons. The molecule has 0 aromatic carbocycles. The van der Waals surface area contributed by atoms with Gasteiger partial charge in [-0.3, -0.25) is 0 Å². The fourth-order valence-electron chi connectivity index (χ4n) is 0. The molecule has 0 bridgehead atoms. The molecule has 2 nitrogen and oxygen atoms in total. The van der Waals surface area contributed by atoms with E-state index in [-0.39, 0.29) is 64.3 Å². The Morgan fingerprint density at radius 1 is 1.25 bits per heavy atom. The van der Waals surface area contributed by atoms with Crippen molar-refractivity contribution in [3.05, 3.63) is 0 Å². The molecule has 0 rings (SSSR count). The molecule has 0 saturated carbocycles. The standard InChI is InChI=1S/CO2.Rb/c2-1-3;. The molecule has 0 unspecified atom stereocenters. The van der Waals surface area contributed by atoms with Gasteiger partial charge in [-0.05, 0) is 0 Å². The van der Waals surface area contributed by atoms with Gasteiger partial charge in [0.25, 0.3) is 0 Å². The van der Waals surface area contributed by atoms with E-state index in [0.29, 0.717) is 0 Å². The molecular weight excluding hydrogens is 129 g/mol. The number of hydrogen-bond donors (Lipinski definition) is 0. The van der Waals surface area contributed by atoms with Gasteiger partial charge in [-0.25, -0.2) is 0 Å². The number of carbonyl (C=O) groups excluding carboxylic acids is 2. The van der Waals surface area contributed by atoms with E-state index in [0.717, 1.165) is 0 Å². The number of hydrogen-bond acceptors (Lipinski definition) is 2. The Labute approximate surface area is 72.4 Å². The zero-order valence-electron chi connectivity index (χ0n) is 2.32. The SMILES string of the molecule is O=C=O.[Rb]. The van der Waals surface area contributed by atoms with E-state index in [1.165, 1.54) is 0 Å². The van der Waals surface area contributed by atoms with E-state index < -0.39 is 0 Å². The van der Waals surface area contributed by atoms with E-state index in [1.807, 2.05) is 0 Å². The van der Waals surface area contributed by atoms with Gasteiger partial charge in [0.05, 0.1) is 0 Å². The molecular formula is CO2Rb. The second-order valence-corrected chi connectivity index (χ2v) is 0.0833. The summed E-state index contributed by atoms with van der Waals surface area (Å²) in [6.07, 6.45) is 0.250. The van der Waals surface area contributed by atoms with Crippen LogP contribution in [0.4, 0.5) is 0 Å². The van der Waals surface area contributed by atoms with Gasteiger partial charge in [0.15, 0.2) is 0 Å². The van der Waals surface area contributed by atoms with Gasteiger partial charge in [-0.15, -0.1) is 0 Å². The van der Waals surface area contributed by atoms with Crippen LogP contribution < -0.4 is 0 Å². The van der Waals surface area contributed by atoms with Crippen LogP contribution in [-0.4, -0.2) is 64.3 Å². The topological polar surface area (TPSA) is 34.1 Å². The summed E-state index contributed by atoms with van der Waals surface area (Å²) >= 11 is 0. The first-order valence-corrected chi connectivity index (χ1v) is 0.408. The molecule has 0 N–H and O–H groups in total. The largest absolute Gasteiger partial charge is 0.373 e. The summed E-state index contributed by atoms with van der Waals surface area (Å²) < 4.78 is 0. The Kier molecular flexibility index (Phi) is 19.9. The Morgan fingerprint density at radius 3 is 1.25 bits per heavy atom. The van der Waals surface area contributed by atoms with Crippen molar-refractivity contribution >= 4 is 64.3 Å². The van der Waals surface area contributed by atoms with Crippen LogP contribution in [0.3, 0.4) is 0 Å². The van der Waals surface area contributed by atoms with Crippen LogP contribution in [0.25, 0.3) is 0 Å². The van der Waals surface area contributed by atoms with Gasteiger partial charge in [0.2, 0.25) is 0 Å². The Bertz CT molecular complexity index is 27.0. The number of rotatable bonds is 0. The smallest absolute Gasteiger partial charge is 0.186 e. The van der Waals surface area contributed by atoms with Crippen molar-refractivity contribution in [1.82, 2.24) is 0 Å². The third-order valence-corrected chi connectivity index (χ3v) is 0. The average molecular weight is 129 g/mol. The Balaban J connectivity index is 0. The first-order chi connectivity index (χ1) is 1.41. The summed E-state index contributed by atoms with van der Waals surface area (Å²) in [5.41, 5.74) is 0. The van der Waals surface area contributed by atoms with Gasteiger partial charge < -0.3 is 0 Å². The van der Waals surface area contributed by atoms with Crippen LogP contribution >= 0.6 is 0 Å². The molecule has 0 aliphatic carbocycles. The zero-order chi connectivity index (χ0) is 2.71. The van der Waals surface area contributed by atoms with Gasteiger partial charge in [0.1, 0.15) is 0 Å². The summed E-state index contributed by atoms with van der Waals surface area (Å²) in [6, 6.07) is 0. The van der Waals surface area contributed by atoms with Crippen LogP contribution in [0.2, 0.25) is 0 Å². The van der Waals surface area contributed by atoms with Crippen LogP contribution in [0, 0.1) is 0 Å². The summed E-state index contributed by atoms with van der Waals surface area (Å²) in [5, 5.41) is 0. The molecule has 0 saturated heterocycles. The van der Waals surface area contributed by atoms with Crippen molar-refractivity contribution in [3.63, 3.8) is 0 Å². The summed E-state index contributed by atoms with van der Waals surface area (Å²) in [7, 11) is 0. The van der Waals surface area contributed by atoms with Crippen molar-refractivity contribution in [2.75, 3.05) is 0 Å². The van der Waals surface area contributed by atoms with Crippen molar-refractivity contribution in [1.29, 1.82) is 0 Å². The summed E-state index contributed by atoms with van der Waals surface area (Å²) in [6.45, 7) is 0. The van der Waals surface area contributed by atoms with Gasteiger partial charge in [0, 0.05) is 58.2 Å².